The van der Waals surface area contributed by atoms with Gasteiger partial charge in [-0.15, -0.1) is 0 Å². The molecule has 0 radical (unpaired) electrons. The van der Waals surface area contributed by atoms with Crippen LogP contribution in [0.25, 0.3) is 10.5 Å². The molecule has 138 valence electrons. The second-order valence-corrected chi connectivity index (χ2v) is 5.56. The number of para-hydroxylation sites is 2. The monoisotopic (exact) mass is 375 g/mol. The summed E-state index contributed by atoms with van der Waals surface area (Å²) in [6.45, 7) is 0. The van der Waals surface area contributed by atoms with Gasteiger partial charge >= 0.3 is 12.9 Å². The van der Waals surface area contributed by atoms with Crippen LogP contribution in [0, 0.1) is 16.7 Å². The molecule has 2 aromatic carbocycles. The first-order chi connectivity index (χ1) is 12.7. The van der Waals surface area contributed by atoms with Crippen LogP contribution in [-0.2, 0) is 0 Å². The predicted molar refractivity (Wildman–Crippen MR) is 97.2 cm³/mol. The number of rotatable bonds is 1. The van der Waals surface area contributed by atoms with Gasteiger partial charge < -0.3 is 27.1 Å². The molecule has 0 spiro atoms. The van der Waals surface area contributed by atoms with E-state index in [9.17, 15) is 22.5 Å². The van der Waals surface area contributed by atoms with Gasteiger partial charge in [0.2, 0.25) is 5.39 Å². The molecule has 0 aromatic heterocycles. The van der Waals surface area contributed by atoms with Crippen molar-refractivity contribution in [2.75, 3.05) is 23.9 Å². The van der Waals surface area contributed by atoms with Gasteiger partial charge in [-0.3, -0.25) is 0 Å². The van der Waals surface area contributed by atoms with Crippen LogP contribution in [0.1, 0.15) is 5.56 Å². The Balaban J connectivity index is 0.000000465. The summed E-state index contributed by atoms with van der Waals surface area (Å²) < 4.78 is 39.0. The average Bonchev–Trinajstić information content (AvgIpc) is 2.87. The Kier molecular flexibility index (Phi) is 5.71. The second-order valence-electron chi connectivity index (χ2n) is 5.56. The van der Waals surface area contributed by atoms with Crippen LogP contribution in [-0.4, -0.2) is 21.3 Å². The van der Waals surface area contributed by atoms with Crippen molar-refractivity contribution in [3.05, 3.63) is 64.9 Å². The molecule has 0 unspecified atom stereocenters. The SMILES string of the molecule is CN1C(=C(C#N)c2ccc([N+]#N)cc2)N(C)c2ccccc21.F[B-](F)(F)F. The highest BCUT2D eigenvalue weighted by molar-refractivity contribution is 6.50. The lowest BCUT2D eigenvalue weighted by Crippen LogP contribution is -2.23. The van der Waals surface area contributed by atoms with Crippen molar-refractivity contribution >= 4 is 29.9 Å². The third-order valence-electron chi connectivity index (χ3n) is 3.85. The highest BCUT2D eigenvalue weighted by Crippen LogP contribution is 2.41. The Morgan fingerprint density at radius 2 is 1.37 bits per heavy atom. The third-order valence-corrected chi connectivity index (χ3v) is 3.85. The minimum absolute atomic E-state index is 0.461. The molecular weight excluding hydrogens is 361 g/mol. The van der Waals surface area contributed by atoms with Crippen molar-refractivity contribution in [3.8, 4) is 6.07 Å². The van der Waals surface area contributed by atoms with Crippen LogP contribution in [0.15, 0.2) is 54.4 Å². The zero-order chi connectivity index (χ0) is 20.2. The fourth-order valence-electron chi connectivity index (χ4n) is 2.76. The van der Waals surface area contributed by atoms with Crippen LogP contribution in [0.2, 0.25) is 0 Å². The van der Waals surface area contributed by atoms with Crippen molar-refractivity contribution < 1.29 is 17.3 Å². The summed E-state index contributed by atoms with van der Waals surface area (Å²) >= 11 is 0. The summed E-state index contributed by atoms with van der Waals surface area (Å²) in [7, 11) is -2.10. The van der Waals surface area contributed by atoms with Gasteiger partial charge in [0.05, 0.1) is 11.4 Å². The third kappa shape index (κ3) is 4.56. The molecule has 2 aromatic rings. The number of diazo groups is 1. The second kappa shape index (κ2) is 7.79. The summed E-state index contributed by atoms with van der Waals surface area (Å²) in [5.41, 5.74) is 3.95. The maximum Gasteiger partial charge on any atom is 0.673 e. The molecule has 0 fully saturated rings. The van der Waals surface area contributed by atoms with E-state index >= 15 is 0 Å². The Hall–Kier alpha value is -3.53. The summed E-state index contributed by atoms with van der Waals surface area (Å²) in [6, 6.07) is 17.2. The maximum atomic E-state index is 9.75. The van der Waals surface area contributed by atoms with E-state index in [1.54, 1.807) is 24.3 Å². The zero-order valence-corrected chi connectivity index (χ0v) is 14.4. The van der Waals surface area contributed by atoms with Crippen LogP contribution >= 0.6 is 0 Å². The highest BCUT2D eigenvalue weighted by Gasteiger charge is 2.29. The smallest absolute Gasteiger partial charge is 0.418 e. The Morgan fingerprint density at radius 1 is 0.926 bits per heavy atom. The molecule has 5 nitrogen and oxygen atoms in total. The fourth-order valence-corrected chi connectivity index (χ4v) is 2.76. The molecule has 0 amide bonds. The number of hydrogen-bond acceptors (Lipinski definition) is 4. The molecule has 0 aliphatic carbocycles. The van der Waals surface area contributed by atoms with Gasteiger partial charge in [-0.2, -0.15) is 5.26 Å². The van der Waals surface area contributed by atoms with E-state index in [4.69, 9.17) is 5.39 Å². The number of allylic oxidation sites excluding steroid dienone is 1. The lowest BCUT2D eigenvalue weighted by molar-refractivity contribution is 0.368. The molecule has 27 heavy (non-hydrogen) atoms. The van der Waals surface area contributed by atoms with Crippen LogP contribution < -0.4 is 9.80 Å². The van der Waals surface area contributed by atoms with Crippen LogP contribution in [0.3, 0.4) is 0 Å². The summed E-state index contributed by atoms with van der Waals surface area (Å²) in [4.78, 5) is 7.16. The van der Waals surface area contributed by atoms with E-state index < -0.39 is 7.25 Å². The average molecular weight is 375 g/mol. The largest absolute Gasteiger partial charge is 0.673 e. The summed E-state index contributed by atoms with van der Waals surface area (Å²) in [5.74, 6) is 0.831. The van der Waals surface area contributed by atoms with E-state index in [2.05, 4.69) is 11.0 Å². The molecule has 1 heterocycles. The van der Waals surface area contributed by atoms with E-state index in [0.717, 1.165) is 22.8 Å². The van der Waals surface area contributed by atoms with E-state index in [0.29, 0.717) is 11.3 Å². The number of anilines is 2. The van der Waals surface area contributed by atoms with E-state index in [1.807, 2.05) is 48.2 Å². The lowest BCUT2D eigenvalue weighted by atomic mass is 10.1. The molecule has 0 saturated heterocycles. The van der Waals surface area contributed by atoms with Gasteiger partial charge in [0, 0.05) is 26.2 Å². The topological polar surface area (TPSA) is 58.4 Å². The maximum absolute atomic E-state index is 9.75. The highest BCUT2D eigenvalue weighted by atomic mass is 19.5. The lowest BCUT2D eigenvalue weighted by Gasteiger charge is -2.20. The summed E-state index contributed by atoms with van der Waals surface area (Å²) in [5, 5.41) is 18.4. The molecule has 3 rings (SSSR count). The van der Waals surface area contributed by atoms with Gasteiger partial charge in [0.15, 0.2) is 4.98 Å². The normalized spacial score (nSPS) is 12.5. The van der Waals surface area contributed by atoms with Gasteiger partial charge in [-0.25, -0.2) is 0 Å². The molecular formula is C17H14BF4N5. The fraction of sp³-hybridized carbons (Fsp3) is 0.118. The standard InChI is InChI=1S/C17H14N5.BF4/c1-21-15-5-3-4-6-16(15)22(2)17(21)14(11-18)12-7-9-13(20-19)10-8-12;2-1(3,4)5/h3-10H,1-2H3;/q+1;-1. The quantitative estimate of drug-likeness (QED) is 0.296. The number of halogens is 4. The first-order valence-corrected chi connectivity index (χ1v) is 7.71. The molecule has 0 atom stereocenters. The minimum atomic E-state index is -6.00. The van der Waals surface area contributed by atoms with Crippen molar-refractivity contribution in [1.82, 2.24) is 0 Å². The van der Waals surface area contributed by atoms with Crippen molar-refractivity contribution in [1.29, 1.82) is 10.7 Å². The first kappa shape index (κ1) is 19.8. The number of benzene rings is 2. The number of hydrogen-bond donors (Lipinski definition) is 0. The molecule has 0 bridgehead atoms. The van der Waals surface area contributed by atoms with Crippen molar-refractivity contribution in [2.45, 2.75) is 0 Å². The van der Waals surface area contributed by atoms with Crippen LogP contribution in [0.5, 0.6) is 0 Å². The van der Waals surface area contributed by atoms with Crippen LogP contribution in [0.4, 0.5) is 34.3 Å². The molecule has 0 saturated carbocycles. The van der Waals surface area contributed by atoms with Crippen molar-refractivity contribution in [3.63, 3.8) is 0 Å². The van der Waals surface area contributed by atoms with Gasteiger partial charge in [-0.1, -0.05) is 12.1 Å². The molecule has 0 N–H and O–H groups in total. The van der Waals surface area contributed by atoms with E-state index in [-0.39, 0.29) is 0 Å². The molecule has 10 heteroatoms. The Morgan fingerprint density at radius 3 is 1.74 bits per heavy atom. The molecule has 1 aliphatic rings. The van der Waals surface area contributed by atoms with Gasteiger partial charge in [-0.05, 0) is 29.8 Å². The summed E-state index contributed by atoms with van der Waals surface area (Å²) in [6.07, 6.45) is 0. The van der Waals surface area contributed by atoms with Gasteiger partial charge in [0.1, 0.15) is 17.5 Å². The number of fused-ring (bicyclic) bond motifs is 1. The van der Waals surface area contributed by atoms with Crippen molar-refractivity contribution in [2.24, 2.45) is 0 Å². The number of nitrogens with zero attached hydrogens (tertiary/aromatic N) is 5. The Bertz CT molecular complexity index is 905. The Labute approximate surface area is 153 Å². The first-order valence-electron chi connectivity index (χ1n) is 7.71. The predicted octanol–water partition coefficient (Wildman–Crippen LogP) is 5.25. The number of nitriles is 1. The molecule has 1 aliphatic heterocycles. The zero-order valence-electron chi connectivity index (χ0n) is 14.4. The van der Waals surface area contributed by atoms with E-state index in [1.165, 1.54) is 0 Å². The minimum Gasteiger partial charge on any atom is -0.418 e. The van der Waals surface area contributed by atoms with Gasteiger partial charge in [0.25, 0.3) is 0 Å².